The van der Waals surface area contributed by atoms with Crippen molar-refractivity contribution >= 4 is 68.1 Å². The van der Waals surface area contributed by atoms with E-state index in [0.29, 0.717) is 39.4 Å². The number of hydrogen-bond acceptors (Lipinski definition) is 4. The number of halogens is 4. The summed E-state index contributed by atoms with van der Waals surface area (Å²) < 4.78 is 2.54. The summed E-state index contributed by atoms with van der Waals surface area (Å²) in [6, 6.07) is 14.3. The quantitative estimate of drug-likeness (QED) is 0.231. The fourth-order valence-electron chi connectivity index (χ4n) is 3.32. The van der Waals surface area contributed by atoms with Crippen LogP contribution < -0.4 is 10.6 Å². The molecule has 2 aromatic heterocycles. The van der Waals surface area contributed by atoms with Crippen LogP contribution in [0, 0.1) is 0 Å². The van der Waals surface area contributed by atoms with Crippen molar-refractivity contribution in [2.75, 3.05) is 18.4 Å². The van der Waals surface area contributed by atoms with E-state index in [2.05, 4.69) is 31.7 Å². The van der Waals surface area contributed by atoms with Crippen molar-refractivity contribution in [3.05, 3.63) is 79.8 Å². The summed E-state index contributed by atoms with van der Waals surface area (Å²) in [5.74, 6) is 0.604. The first-order valence-corrected chi connectivity index (χ1v) is 12.1. The molecule has 0 aliphatic rings. The summed E-state index contributed by atoms with van der Waals surface area (Å²) in [5, 5.41) is 12.2. The average Bonchev–Trinajstić information content (AvgIpc) is 3.16. The van der Waals surface area contributed by atoms with Crippen LogP contribution in [0.25, 0.3) is 16.9 Å². The number of carbonyl (C=O) groups is 1. The number of benzene rings is 2. The van der Waals surface area contributed by atoms with E-state index in [1.165, 1.54) is 0 Å². The van der Waals surface area contributed by atoms with E-state index >= 15 is 0 Å². The van der Waals surface area contributed by atoms with Gasteiger partial charge in [-0.05, 0) is 53.0 Å². The van der Waals surface area contributed by atoms with E-state index < -0.39 is 0 Å². The number of unbranched alkanes of at least 4 members (excludes halogenated alkanes) is 1. The van der Waals surface area contributed by atoms with Crippen molar-refractivity contribution in [1.29, 1.82) is 0 Å². The van der Waals surface area contributed by atoms with Crippen molar-refractivity contribution in [2.24, 2.45) is 0 Å². The Labute approximate surface area is 214 Å². The van der Waals surface area contributed by atoms with Crippen LogP contribution in [0.2, 0.25) is 15.1 Å². The molecule has 2 heterocycles. The number of anilines is 1. The molecule has 0 unspecified atom stereocenters. The number of rotatable bonds is 8. The summed E-state index contributed by atoms with van der Waals surface area (Å²) in [6.07, 6.45) is 3.34. The Balaban J connectivity index is 1.36. The molecule has 2 N–H and O–H groups in total. The van der Waals surface area contributed by atoms with Gasteiger partial charge < -0.3 is 10.6 Å². The normalized spacial score (nSPS) is 11.0. The van der Waals surface area contributed by atoms with Crippen molar-refractivity contribution in [2.45, 2.75) is 12.8 Å². The molecule has 10 heteroatoms. The van der Waals surface area contributed by atoms with Gasteiger partial charge in [0.05, 0.1) is 16.4 Å². The molecule has 0 bridgehead atoms. The van der Waals surface area contributed by atoms with Gasteiger partial charge in [-0.3, -0.25) is 4.79 Å². The van der Waals surface area contributed by atoms with Crippen molar-refractivity contribution in [1.82, 2.24) is 19.9 Å². The van der Waals surface area contributed by atoms with Gasteiger partial charge in [0, 0.05) is 45.4 Å². The molecule has 170 valence electrons. The molecule has 0 aliphatic carbocycles. The van der Waals surface area contributed by atoms with Crippen LogP contribution >= 0.6 is 50.7 Å². The minimum Gasteiger partial charge on any atom is -0.370 e. The highest BCUT2D eigenvalue weighted by Crippen LogP contribution is 2.30. The Kier molecular flexibility index (Phi) is 7.75. The van der Waals surface area contributed by atoms with Crippen molar-refractivity contribution < 1.29 is 4.79 Å². The van der Waals surface area contributed by atoms with Crippen LogP contribution in [-0.4, -0.2) is 33.6 Å². The summed E-state index contributed by atoms with van der Waals surface area (Å²) >= 11 is 21.8. The van der Waals surface area contributed by atoms with Gasteiger partial charge >= 0.3 is 0 Å². The molecule has 2 aromatic carbocycles. The lowest BCUT2D eigenvalue weighted by Crippen LogP contribution is -2.24. The van der Waals surface area contributed by atoms with E-state index in [4.69, 9.17) is 39.8 Å². The van der Waals surface area contributed by atoms with Crippen LogP contribution in [-0.2, 0) is 0 Å². The lowest BCUT2D eigenvalue weighted by molar-refractivity contribution is 0.0953. The molecule has 0 saturated carbocycles. The maximum Gasteiger partial charge on any atom is 0.251 e. The zero-order valence-electron chi connectivity index (χ0n) is 17.3. The minimum atomic E-state index is -0.200. The highest BCUT2D eigenvalue weighted by molar-refractivity contribution is 9.10. The molecule has 0 spiro atoms. The molecule has 0 radical (unpaired) electrons. The smallest absolute Gasteiger partial charge is 0.251 e. The summed E-state index contributed by atoms with van der Waals surface area (Å²) in [6.45, 7) is 1.23. The highest BCUT2D eigenvalue weighted by atomic mass is 79.9. The first-order valence-electron chi connectivity index (χ1n) is 10.2. The second-order valence-corrected chi connectivity index (χ2v) is 9.42. The predicted octanol–water partition coefficient (Wildman–Crippen LogP) is 6.74. The average molecular weight is 568 g/mol. The molecule has 0 saturated heterocycles. The molecular weight excluding hydrogens is 549 g/mol. The third-order valence-electron chi connectivity index (χ3n) is 4.90. The Bertz CT molecular complexity index is 1290. The summed E-state index contributed by atoms with van der Waals surface area (Å²) in [7, 11) is 0. The number of nitrogens with zero attached hydrogens (tertiary/aromatic N) is 3. The van der Waals surface area contributed by atoms with Crippen molar-refractivity contribution in [3.63, 3.8) is 0 Å². The molecule has 0 fully saturated rings. The molecule has 0 aliphatic heterocycles. The van der Waals surface area contributed by atoms with E-state index in [9.17, 15) is 4.79 Å². The molecule has 0 atom stereocenters. The molecule has 1 amide bonds. The monoisotopic (exact) mass is 565 g/mol. The lowest BCUT2D eigenvalue weighted by atomic mass is 10.1. The van der Waals surface area contributed by atoms with Gasteiger partial charge in [0.25, 0.3) is 5.91 Å². The van der Waals surface area contributed by atoms with E-state index in [0.717, 1.165) is 34.4 Å². The molecule has 4 aromatic rings. The third-order valence-corrected chi connectivity index (χ3v) is 6.22. The topological polar surface area (TPSA) is 71.3 Å². The van der Waals surface area contributed by atoms with E-state index in [-0.39, 0.29) is 5.91 Å². The van der Waals surface area contributed by atoms with Crippen LogP contribution in [0.1, 0.15) is 23.2 Å². The molecule has 33 heavy (non-hydrogen) atoms. The summed E-state index contributed by atoms with van der Waals surface area (Å²) in [4.78, 5) is 17.0. The number of fused-ring (bicyclic) bond motifs is 1. The number of nitrogens with one attached hydrogen (secondary N) is 2. The van der Waals surface area contributed by atoms with Crippen LogP contribution in [0.5, 0.6) is 0 Å². The lowest BCUT2D eigenvalue weighted by Gasteiger charge is -2.12. The van der Waals surface area contributed by atoms with Crippen LogP contribution in [0.4, 0.5) is 5.82 Å². The largest absolute Gasteiger partial charge is 0.370 e. The fraction of sp³-hybridized carbons (Fsp3) is 0.174. The SMILES string of the molecule is O=C(NCCCCNc1cc(-c2ccccc2Cl)nc2c(Br)cnn12)c1cc(Cl)cc(Cl)c1. The second kappa shape index (κ2) is 10.7. The zero-order chi connectivity index (χ0) is 23.4. The number of aromatic nitrogens is 3. The number of carbonyl (C=O) groups excluding carboxylic acids is 1. The maximum atomic E-state index is 12.3. The van der Waals surface area contributed by atoms with Gasteiger partial charge in [-0.2, -0.15) is 9.61 Å². The fourth-order valence-corrected chi connectivity index (χ4v) is 4.43. The van der Waals surface area contributed by atoms with E-state index in [1.807, 2.05) is 30.3 Å². The van der Waals surface area contributed by atoms with Gasteiger partial charge in [0.1, 0.15) is 5.82 Å². The first-order chi connectivity index (χ1) is 15.9. The van der Waals surface area contributed by atoms with Crippen LogP contribution in [0.3, 0.4) is 0 Å². The highest BCUT2D eigenvalue weighted by Gasteiger charge is 2.13. The minimum absolute atomic E-state index is 0.200. The molecular formula is C23H19BrCl3N5O. The standard InChI is InChI=1S/C23H19BrCl3N5O/c24-18-13-30-32-21(12-20(31-22(18)32)17-5-1-2-6-19(17)27)28-7-3-4-8-29-23(33)14-9-15(25)11-16(26)10-14/h1-2,5-6,9-13,28H,3-4,7-8H2,(H,29,33). The maximum absolute atomic E-state index is 12.3. The number of hydrogen-bond donors (Lipinski definition) is 2. The van der Waals surface area contributed by atoms with E-state index in [1.54, 1.807) is 28.9 Å². The first kappa shape index (κ1) is 23.8. The van der Waals surface area contributed by atoms with Crippen molar-refractivity contribution in [3.8, 4) is 11.3 Å². The van der Waals surface area contributed by atoms with Gasteiger partial charge in [0.15, 0.2) is 5.65 Å². The second-order valence-electron chi connectivity index (χ2n) is 7.28. The molecule has 6 nitrogen and oxygen atoms in total. The van der Waals surface area contributed by atoms with Gasteiger partial charge in [-0.25, -0.2) is 4.98 Å². The van der Waals surface area contributed by atoms with Gasteiger partial charge in [0.2, 0.25) is 0 Å². The Morgan fingerprint density at radius 1 is 1.00 bits per heavy atom. The van der Waals surface area contributed by atoms with Crippen LogP contribution in [0.15, 0.2) is 59.2 Å². The predicted molar refractivity (Wildman–Crippen MR) is 138 cm³/mol. The molecule has 4 rings (SSSR count). The Morgan fingerprint density at radius 3 is 2.48 bits per heavy atom. The zero-order valence-corrected chi connectivity index (χ0v) is 21.1. The Hall–Kier alpha value is -2.32. The third kappa shape index (κ3) is 5.79. The van der Waals surface area contributed by atoms with Gasteiger partial charge in [-0.15, -0.1) is 0 Å². The Morgan fingerprint density at radius 2 is 1.73 bits per heavy atom. The summed E-state index contributed by atoms with van der Waals surface area (Å²) in [5.41, 5.74) is 2.74. The van der Waals surface area contributed by atoms with Gasteiger partial charge in [-0.1, -0.05) is 53.0 Å². The number of amides is 1.